The number of nitrogens with one attached hydrogen (secondary N) is 1. The van der Waals surface area contributed by atoms with Crippen molar-refractivity contribution in [2.75, 3.05) is 19.6 Å². The van der Waals surface area contributed by atoms with Crippen molar-refractivity contribution >= 4 is 34.4 Å². The number of nitrogens with zero attached hydrogens (tertiary/aromatic N) is 2. The van der Waals surface area contributed by atoms with Gasteiger partial charge < -0.3 is 10.2 Å². The quantitative estimate of drug-likeness (QED) is 0.266. The molecular weight excluding hydrogens is 561 g/mol. The fourth-order valence-corrected chi connectivity index (χ4v) is 5.70. The van der Waals surface area contributed by atoms with Crippen LogP contribution in [0.1, 0.15) is 69.1 Å². The van der Waals surface area contributed by atoms with E-state index in [2.05, 4.69) is 87.4 Å². The molecule has 2 heterocycles. The van der Waals surface area contributed by atoms with Gasteiger partial charge in [-0.25, -0.2) is 0 Å². The van der Waals surface area contributed by atoms with E-state index >= 15 is 0 Å². The van der Waals surface area contributed by atoms with E-state index in [0.29, 0.717) is 36.8 Å². The Kier molecular flexibility index (Phi) is 8.02. The first-order chi connectivity index (χ1) is 17.6. The number of carbonyl (C=O) groups excluding carboxylic acids is 2. The fraction of sp³-hybridized carbons (Fsp3) is 0.333. The summed E-state index contributed by atoms with van der Waals surface area (Å²) in [7, 11) is 0. The van der Waals surface area contributed by atoms with E-state index in [1.807, 2.05) is 17.0 Å². The van der Waals surface area contributed by atoms with Crippen molar-refractivity contribution in [1.29, 1.82) is 0 Å². The van der Waals surface area contributed by atoms with Crippen LogP contribution in [0.25, 0.3) is 0 Å². The molecule has 3 aromatic carbocycles. The second-order valence-electron chi connectivity index (χ2n) is 9.73. The molecule has 2 aliphatic heterocycles. The highest BCUT2D eigenvalue weighted by molar-refractivity contribution is 14.1. The van der Waals surface area contributed by atoms with Crippen LogP contribution in [0.5, 0.6) is 0 Å². The molecular formula is C30H32IN3O2. The highest BCUT2D eigenvalue weighted by Gasteiger charge is 2.28. The van der Waals surface area contributed by atoms with E-state index in [1.54, 1.807) is 6.07 Å². The lowest BCUT2D eigenvalue weighted by Crippen LogP contribution is -2.36. The smallest absolute Gasteiger partial charge is 0.254 e. The Bertz CT molecular complexity index is 1210. The Hall–Kier alpha value is -2.71. The van der Waals surface area contributed by atoms with Crippen LogP contribution in [-0.2, 0) is 13.1 Å². The summed E-state index contributed by atoms with van der Waals surface area (Å²) in [4.78, 5) is 30.3. The summed E-state index contributed by atoms with van der Waals surface area (Å²) in [5, 5.41) is 3.06. The summed E-state index contributed by atoms with van der Waals surface area (Å²) >= 11 is 2.28. The van der Waals surface area contributed by atoms with Crippen LogP contribution in [0.4, 0.5) is 0 Å². The second kappa shape index (κ2) is 11.6. The third-order valence-corrected chi connectivity index (χ3v) is 7.96. The number of hydrogen-bond acceptors (Lipinski definition) is 3. The molecule has 0 aliphatic carbocycles. The van der Waals surface area contributed by atoms with E-state index in [1.165, 1.54) is 28.4 Å². The van der Waals surface area contributed by atoms with Gasteiger partial charge in [-0.15, -0.1) is 0 Å². The summed E-state index contributed by atoms with van der Waals surface area (Å²) in [6.07, 6.45) is 4.61. The van der Waals surface area contributed by atoms with Crippen LogP contribution in [-0.4, -0.2) is 41.2 Å². The number of benzene rings is 3. The first-order valence-electron chi connectivity index (χ1n) is 12.8. The molecule has 36 heavy (non-hydrogen) atoms. The lowest BCUT2D eigenvalue weighted by molar-refractivity contribution is 0.0766. The molecule has 2 amide bonds. The van der Waals surface area contributed by atoms with Crippen LogP contribution in [0.15, 0.2) is 72.8 Å². The first-order valence-corrected chi connectivity index (χ1v) is 13.9. The molecule has 6 heteroatoms. The van der Waals surface area contributed by atoms with Gasteiger partial charge in [-0.3, -0.25) is 14.5 Å². The van der Waals surface area contributed by atoms with Crippen LogP contribution >= 0.6 is 22.6 Å². The Morgan fingerprint density at radius 3 is 2.61 bits per heavy atom. The fourth-order valence-electron chi connectivity index (χ4n) is 5.34. The lowest BCUT2D eigenvalue weighted by Gasteiger charge is -2.36. The van der Waals surface area contributed by atoms with Crippen molar-refractivity contribution in [2.45, 2.75) is 44.8 Å². The minimum absolute atomic E-state index is 0.00440. The average molecular weight is 594 g/mol. The molecule has 0 spiro atoms. The Morgan fingerprint density at radius 1 is 1.00 bits per heavy atom. The van der Waals surface area contributed by atoms with Crippen LogP contribution < -0.4 is 5.32 Å². The maximum Gasteiger partial charge on any atom is 0.254 e. The molecule has 5 nitrogen and oxygen atoms in total. The third-order valence-electron chi connectivity index (χ3n) is 7.24. The number of rotatable bonds is 8. The molecule has 3 aromatic rings. The summed E-state index contributed by atoms with van der Waals surface area (Å²) < 4.78 is 1.18. The molecule has 0 aromatic heterocycles. The minimum Gasteiger partial charge on any atom is -0.352 e. The number of fused-ring (bicyclic) bond motifs is 1. The van der Waals surface area contributed by atoms with Crippen molar-refractivity contribution in [1.82, 2.24) is 15.1 Å². The van der Waals surface area contributed by atoms with Crippen molar-refractivity contribution in [3.63, 3.8) is 0 Å². The number of piperidine rings is 1. The molecule has 1 atom stereocenters. The number of halogens is 1. The summed E-state index contributed by atoms with van der Waals surface area (Å²) in [6, 6.07) is 25.0. The van der Waals surface area contributed by atoms with Gasteiger partial charge in [-0.05, 0) is 89.4 Å². The Morgan fingerprint density at radius 2 is 1.81 bits per heavy atom. The minimum atomic E-state index is -0.111. The first kappa shape index (κ1) is 25.0. The predicted molar refractivity (Wildman–Crippen MR) is 151 cm³/mol. The number of carbonyl (C=O) groups is 2. The van der Waals surface area contributed by atoms with Gasteiger partial charge in [-0.1, -0.05) is 55.0 Å². The standard InChI is InChI=1S/C30H32IN3O2/c31-26-14-10-22(11-15-26)20-34-21-25-13-12-24(19-27(25)30(34)36)29(35)32-16-6-18-33-17-5-4-9-28(33)23-7-2-1-3-8-23/h1-3,7-8,10-15,19,28H,4-6,9,16-18,20-21H2,(H,32,35). The second-order valence-corrected chi connectivity index (χ2v) is 11.0. The molecule has 0 bridgehead atoms. The van der Waals surface area contributed by atoms with Gasteiger partial charge >= 0.3 is 0 Å². The van der Waals surface area contributed by atoms with Gasteiger partial charge in [0.05, 0.1) is 0 Å². The molecule has 1 saturated heterocycles. The Labute approximate surface area is 227 Å². The molecule has 0 saturated carbocycles. The van der Waals surface area contributed by atoms with Gasteiger partial charge in [0, 0.05) is 46.9 Å². The van der Waals surface area contributed by atoms with Crippen LogP contribution in [0.3, 0.4) is 0 Å². The van der Waals surface area contributed by atoms with Crippen molar-refractivity contribution in [3.05, 3.63) is 104 Å². The van der Waals surface area contributed by atoms with E-state index in [9.17, 15) is 9.59 Å². The molecule has 1 unspecified atom stereocenters. The van der Waals surface area contributed by atoms with Gasteiger partial charge in [-0.2, -0.15) is 0 Å². The lowest BCUT2D eigenvalue weighted by atomic mass is 9.95. The normalized spacial score (nSPS) is 17.8. The molecule has 186 valence electrons. The maximum atomic E-state index is 13.0. The zero-order valence-corrected chi connectivity index (χ0v) is 22.6. The monoisotopic (exact) mass is 593 g/mol. The van der Waals surface area contributed by atoms with E-state index in [0.717, 1.165) is 30.6 Å². The van der Waals surface area contributed by atoms with Crippen LogP contribution in [0.2, 0.25) is 0 Å². The maximum absolute atomic E-state index is 13.0. The highest BCUT2D eigenvalue weighted by atomic mass is 127. The average Bonchev–Trinajstić information content (AvgIpc) is 3.22. The SMILES string of the molecule is O=C(NCCCN1CCCCC1c1ccccc1)c1ccc2c(c1)C(=O)N(Cc1ccc(I)cc1)C2. The predicted octanol–water partition coefficient (Wildman–Crippen LogP) is 5.79. The van der Waals surface area contributed by atoms with E-state index in [-0.39, 0.29) is 11.8 Å². The van der Waals surface area contributed by atoms with Gasteiger partial charge in [0.1, 0.15) is 0 Å². The number of hydrogen-bond donors (Lipinski definition) is 1. The molecule has 1 N–H and O–H groups in total. The Balaban J connectivity index is 1.13. The van der Waals surface area contributed by atoms with Crippen LogP contribution in [0, 0.1) is 3.57 Å². The van der Waals surface area contributed by atoms with Gasteiger partial charge in [0.2, 0.25) is 0 Å². The third kappa shape index (κ3) is 5.81. The number of amides is 2. The number of likely N-dealkylation sites (tertiary alicyclic amines) is 1. The topological polar surface area (TPSA) is 52.7 Å². The zero-order chi connectivity index (χ0) is 24.9. The van der Waals surface area contributed by atoms with Crippen molar-refractivity contribution < 1.29 is 9.59 Å². The van der Waals surface area contributed by atoms with Crippen molar-refractivity contribution in [3.8, 4) is 0 Å². The molecule has 1 fully saturated rings. The molecule has 2 aliphatic rings. The molecule has 5 rings (SSSR count). The summed E-state index contributed by atoms with van der Waals surface area (Å²) in [6.45, 7) is 3.86. The van der Waals surface area contributed by atoms with E-state index < -0.39 is 0 Å². The summed E-state index contributed by atoms with van der Waals surface area (Å²) in [5.74, 6) is -0.116. The van der Waals surface area contributed by atoms with Gasteiger partial charge in [0.15, 0.2) is 0 Å². The van der Waals surface area contributed by atoms with E-state index in [4.69, 9.17) is 0 Å². The zero-order valence-electron chi connectivity index (χ0n) is 20.5. The van der Waals surface area contributed by atoms with Crippen molar-refractivity contribution in [2.24, 2.45) is 0 Å². The largest absolute Gasteiger partial charge is 0.352 e. The highest BCUT2D eigenvalue weighted by Crippen LogP contribution is 2.30. The summed E-state index contributed by atoms with van der Waals surface area (Å²) in [5.41, 5.74) is 4.68. The van der Waals surface area contributed by atoms with Gasteiger partial charge in [0.25, 0.3) is 11.8 Å². The molecule has 0 radical (unpaired) electrons.